The minimum Gasteiger partial charge on any atom is -0.459 e. The Balaban J connectivity index is 1.71. The molecule has 1 aromatic heterocycles. The van der Waals surface area contributed by atoms with Crippen LogP contribution < -0.4 is 5.32 Å². The first-order valence-corrected chi connectivity index (χ1v) is 7.45. The number of hydrogen-bond donors (Lipinski definition) is 2. The van der Waals surface area contributed by atoms with E-state index in [0.29, 0.717) is 5.76 Å². The zero-order chi connectivity index (χ0) is 12.4. The molecule has 0 saturated carbocycles. The number of fused-ring (bicyclic) bond motifs is 1. The van der Waals surface area contributed by atoms with Crippen LogP contribution in [0.15, 0.2) is 28.7 Å². The van der Waals surface area contributed by atoms with Gasteiger partial charge in [-0.3, -0.25) is 0 Å². The van der Waals surface area contributed by atoms with E-state index in [4.69, 9.17) is 9.52 Å². The van der Waals surface area contributed by atoms with E-state index in [-0.39, 0.29) is 6.61 Å². The molecular weight excluding hydrogens is 246 g/mol. The maximum absolute atomic E-state index is 9.04. The van der Waals surface area contributed by atoms with Crippen molar-refractivity contribution in [1.82, 2.24) is 0 Å². The van der Waals surface area contributed by atoms with Crippen molar-refractivity contribution in [3.05, 3.63) is 30.0 Å². The quantitative estimate of drug-likeness (QED) is 0.889. The number of hydrogen-bond acceptors (Lipinski definition) is 4. The largest absolute Gasteiger partial charge is 0.459 e. The van der Waals surface area contributed by atoms with Crippen molar-refractivity contribution in [3.8, 4) is 0 Å². The number of furan rings is 1. The highest BCUT2D eigenvalue weighted by Gasteiger charge is 2.14. The van der Waals surface area contributed by atoms with Crippen LogP contribution in [0.25, 0.3) is 11.0 Å². The van der Waals surface area contributed by atoms with E-state index in [1.165, 1.54) is 17.9 Å². The Morgan fingerprint density at radius 2 is 2.33 bits per heavy atom. The molecule has 4 heteroatoms. The third-order valence-electron chi connectivity index (χ3n) is 3.34. The van der Waals surface area contributed by atoms with Gasteiger partial charge < -0.3 is 14.8 Å². The van der Waals surface area contributed by atoms with Gasteiger partial charge in [0.1, 0.15) is 18.0 Å². The molecule has 0 radical (unpaired) electrons. The Morgan fingerprint density at radius 1 is 1.39 bits per heavy atom. The molecule has 2 N–H and O–H groups in total. The Kier molecular flexibility index (Phi) is 3.48. The lowest BCUT2D eigenvalue weighted by atomic mass is 10.1. The summed E-state index contributed by atoms with van der Waals surface area (Å²) >= 11 is 2.04. The molecule has 3 rings (SSSR count). The molecule has 1 saturated heterocycles. The van der Waals surface area contributed by atoms with Crippen LogP contribution in [0, 0.1) is 5.92 Å². The van der Waals surface area contributed by atoms with Gasteiger partial charge in [-0.15, -0.1) is 0 Å². The van der Waals surface area contributed by atoms with Gasteiger partial charge in [0, 0.05) is 17.6 Å². The molecule has 0 aliphatic carbocycles. The summed E-state index contributed by atoms with van der Waals surface area (Å²) in [5.74, 6) is 3.99. The SMILES string of the molecule is OCc1cc2cc(NCC3CCSC3)ccc2o1. The lowest BCUT2D eigenvalue weighted by Gasteiger charge is -2.10. The van der Waals surface area contributed by atoms with Gasteiger partial charge in [-0.2, -0.15) is 11.8 Å². The second-order valence-electron chi connectivity index (χ2n) is 4.73. The molecule has 1 aliphatic rings. The van der Waals surface area contributed by atoms with Gasteiger partial charge in [0.2, 0.25) is 0 Å². The maximum atomic E-state index is 9.04. The summed E-state index contributed by atoms with van der Waals surface area (Å²) in [5.41, 5.74) is 1.96. The van der Waals surface area contributed by atoms with Crippen LogP contribution in [-0.2, 0) is 6.61 Å². The third kappa shape index (κ3) is 2.49. The smallest absolute Gasteiger partial charge is 0.134 e. The predicted molar refractivity (Wildman–Crippen MR) is 76.1 cm³/mol. The van der Waals surface area contributed by atoms with Crippen molar-refractivity contribution in [2.24, 2.45) is 5.92 Å². The van der Waals surface area contributed by atoms with Gasteiger partial charge in [-0.25, -0.2) is 0 Å². The third-order valence-corrected chi connectivity index (χ3v) is 4.57. The summed E-state index contributed by atoms with van der Waals surface area (Å²) in [5, 5.41) is 13.6. The molecule has 1 aromatic carbocycles. The van der Waals surface area contributed by atoms with Crippen molar-refractivity contribution in [1.29, 1.82) is 0 Å². The summed E-state index contributed by atoms with van der Waals surface area (Å²) in [7, 11) is 0. The van der Waals surface area contributed by atoms with Gasteiger partial charge in [-0.05, 0) is 48.1 Å². The Morgan fingerprint density at radius 3 is 3.11 bits per heavy atom. The van der Waals surface area contributed by atoms with E-state index in [1.807, 2.05) is 30.0 Å². The lowest BCUT2D eigenvalue weighted by molar-refractivity contribution is 0.251. The first kappa shape index (κ1) is 11.9. The summed E-state index contributed by atoms with van der Waals surface area (Å²) < 4.78 is 5.47. The molecular formula is C14H17NO2S. The monoisotopic (exact) mass is 263 g/mol. The number of aliphatic hydroxyl groups excluding tert-OH is 1. The Bertz CT molecular complexity index is 532. The number of aliphatic hydroxyl groups is 1. The summed E-state index contributed by atoms with van der Waals surface area (Å²) in [4.78, 5) is 0. The number of nitrogens with one attached hydrogen (secondary N) is 1. The Hall–Kier alpha value is -1.13. The number of anilines is 1. The highest BCUT2D eigenvalue weighted by Crippen LogP contribution is 2.26. The van der Waals surface area contributed by atoms with Crippen molar-refractivity contribution in [2.75, 3.05) is 23.4 Å². The van der Waals surface area contributed by atoms with E-state index in [2.05, 4.69) is 11.4 Å². The lowest BCUT2D eigenvalue weighted by Crippen LogP contribution is -2.13. The fourth-order valence-corrected chi connectivity index (χ4v) is 3.58. The zero-order valence-corrected chi connectivity index (χ0v) is 11.0. The van der Waals surface area contributed by atoms with Gasteiger partial charge >= 0.3 is 0 Å². The van der Waals surface area contributed by atoms with Crippen molar-refractivity contribution >= 4 is 28.4 Å². The second kappa shape index (κ2) is 5.24. The fourth-order valence-electron chi connectivity index (χ4n) is 2.29. The molecule has 0 bridgehead atoms. The molecule has 1 atom stereocenters. The van der Waals surface area contributed by atoms with Crippen molar-refractivity contribution < 1.29 is 9.52 Å². The van der Waals surface area contributed by atoms with Gasteiger partial charge in [0.25, 0.3) is 0 Å². The molecule has 18 heavy (non-hydrogen) atoms. The second-order valence-corrected chi connectivity index (χ2v) is 5.88. The number of rotatable bonds is 4. The molecule has 2 aromatic rings. The van der Waals surface area contributed by atoms with E-state index < -0.39 is 0 Å². The van der Waals surface area contributed by atoms with E-state index >= 15 is 0 Å². The molecule has 1 unspecified atom stereocenters. The topological polar surface area (TPSA) is 45.4 Å². The number of thioether (sulfide) groups is 1. The van der Waals surface area contributed by atoms with Gasteiger partial charge in [0.05, 0.1) is 0 Å². The first-order chi connectivity index (χ1) is 8.85. The standard InChI is InChI=1S/C14H17NO2S/c16-8-13-6-11-5-12(1-2-14(11)17-13)15-7-10-3-4-18-9-10/h1-2,5-6,10,15-16H,3-4,7-9H2. The van der Waals surface area contributed by atoms with Crippen LogP contribution in [0.2, 0.25) is 0 Å². The average Bonchev–Trinajstić information content (AvgIpc) is 3.04. The molecule has 3 nitrogen and oxygen atoms in total. The minimum atomic E-state index is -0.0449. The van der Waals surface area contributed by atoms with E-state index in [9.17, 15) is 0 Å². The predicted octanol–water partition coefficient (Wildman–Crippen LogP) is 3.09. The van der Waals surface area contributed by atoms with E-state index in [0.717, 1.165) is 29.1 Å². The maximum Gasteiger partial charge on any atom is 0.134 e. The van der Waals surface area contributed by atoms with Crippen LogP contribution in [0.1, 0.15) is 12.2 Å². The number of benzene rings is 1. The first-order valence-electron chi connectivity index (χ1n) is 6.30. The van der Waals surface area contributed by atoms with Crippen molar-refractivity contribution in [2.45, 2.75) is 13.0 Å². The molecule has 1 fully saturated rings. The normalized spacial score (nSPS) is 19.5. The van der Waals surface area contributed by atoms with Gasteiger partial charge in [-0.1, -0.05) is 0 Å². The van der Waals surface area contributed by atoms with Gasteiger partial charge in [0.15, 0.2) is 0 Å². The van der Waals surface area contributed by atoms with E-state index in [1.54, 1.807) is 0 Å². The Labute approximate surface area is 111 Å². The average molecular weight is 263 g/mol. The van der Waals surface area contributed by atoms with Crippen LogP contribution in [0.3, 0.4) is 0 Å². The summed E-state index contributed by atoms with van der Waals surface area (Å²) in [6, 6.07) is 7.97. The highest BCUT2D eigenvalue weighted by molar-refractivity contribution is 7.99. The van der Waals surface area contributed by atoms with Crippen LogP contribution in [-0.4, -0.2) is 23.2 Å². The summed E-state index contributed by atoms with van der Waals surface area (Å²) in [6.45, 7) is 1.000. The molecule has 0 amide bonds. The molecule has 2 heterocycles. The van der Waals surface area contributed by atoms with Crippen LogP contribution in [0.4, 0.5) is 5.69 Å². The van der Waals surface area contributed by atoms with Crippen LogP contribution >= 0.6 is 11.8 Å². The zero-order valence-electron chi connectivity index (χ0n) is 10.2. The fraction of sp³-hybridized carbons (Fsp3) is 0.429. The van der Waals surface area contributed by atoms with Crippen LogP contribution in [0.5, 0.6) is 0 Å². The van der Waals surface area contributed by atoms with Crippen molar-refractivity contribution in [3.63, 3.8) is 0 Å². The molecule has 96 valence electrons. The highest BCUT2D eigenvalue weighted by atomic mass is 32.2. The minimum absolute atomic E-state index is 0.0449. The molecule has 0 spiro atoms. The molecule has 1 aliphatic heterocycles. The summed E-state index contributed by atoms with van der Waals surface area (Å²) in [6.07, 6.45) is 1.32.